The van der Waals surface area contributed by atoms with Gasteiger partial charge in [0.25, 0.3) is 0 Å². The van der Waals surface area contributed by atoms with Gasteiger partial charge in [0.15, 0.2) is 0 Å². The lowest BCUT2D eigenvalue weighted by Gasteiger charge is -2.17. The molecule has 1 atom stereocenters. The van der Waals surface area contributed by atoms with Gasteiger partial charge in [0.2, 0.25) is 0 Å². The molecule has 3 N–H and O–H groups in total. The zero-order valence-corrected chi connectivity index (χ0v) is 11.0. The van der Waals surface area contributed by atoms with Gasteiger partial charge in [-0.15, -0.1) is 0 Å². The van der Waals surface area contributed by atoms with Gasteiger partial charge in [-0.25, -0.2) is 4.79 Å². The molecule has 100 valence electrons. The molecule has 1 rings (SSSR count). The lowest BCUT2D eigenvalue weighted by Crippen LogP contribution is -2.23. The molecule has 0 saturated carbocycles. The van der Waals surface area contributed by atoms with Gasteiger partial charge >= 0.3 is 5.97 Å². The number of rotatable bonds is 6. The van der Waals surface area contributed by atoms with E-state index in [2.05, 4.69) is 5.32 Å². The van der Waals surface area contributed by atoms with Crippen LogP contribution < -0.4 is 11.1 Å². The van der Waals surface area contributed by atoms with E-state index in [9.17, 15) is 4.79 Å². The Bertz CT molecular complexity index is 407. The van der Waals surface area contributed by atoms with Crippen molar-refractivity contribution in [3.63, 3.8) is 0 Å². The third-order valence-electron chi connectivity index (χ3n) is 2.42. The Morgan fingerprint density at radius 2 is 2.22 bits per heavy atom. The summed E-state index contributed by atoms with van der Waals surface area (Å²) in [5.41, 5.74) is 7.33. The van der Waals surface area contributed by atoms with Crippen LogP contribution in [0, 0.1) is 0 Å². The molecule has 0 fully saturated rings. The maximum absolute atomic E-state index is 11.6. The zero-order chi connectivity index (χ0) is 13.5. The molecule has 5 heteroatoms. The number of benzene rings is 1. The van der Waals surface area contributed by atoms with Gasteiger partial charge in [0, 0.05) is 24.0 Å². The zero-order valence-electron chi connectivity index (χ0n) is 11.0. The minimum Gasteiger partial charge on any atom is -0.465 e. The van der Waals surface area contributed by atoms with Crippen LogP contribution in [0.1, 0.15) is 24.2 Å². The van der Waals surface area contributed by atoms with Crippen LogP contribution in [0.4, 0.5) is 11.4 Å². The second-order valence-corrected chi connectivity index (χ2v) is 4.00. The molecule has 0 saturated heterocycles. The highest BCUT2D eigenvalue weighted by atomic mass is 16.5. The van der Waals surface area contributed by atoms with E-state index in [1.165, 1.54) is 7.11 Å². The Labute approximate surface area is 107 Å². The SMILES string of the molecule is CCOCC(C)Nc1ccc(N)cc1C(=O)OC. The molecule has 0 aliphatic rings. The van der Waals surface area contributed by atoms with Crippen molar-refractivity contribution in [2.24, 2.45) is 0 Å². The van der Waals surface area contributed by atoms with E-state index < -0.39 is 5.97 Å². The largest absolute Gasteiger partial charge is 0.465 e. The standard InChI is InChI=1S/C13H20N2O3/c1-4-18-8-9(2)15-12-6-5-10(14)7-11(12)13(16)17-3/h5-7,9,15H,4,8,14H2,1-3H3. The Morgan fingerprint density at radius 1 is 1.50 bits per heavy atom. The van der Waals surface area contributed by atoms with Crippen LogP contribution in [-0.4, -0.2) is 32.3 Å². The molecule has 1 aromatic rings. The number of anilines is 2. The average Bonchev–Trinajstić information content (AvgIpc) is 2.37. The number of methoxy groups -OCH3 is 1. The van der Waals surface area contributed by atoms with E-state index in [0.717, 1.165) is 0 Å². The van der Waals surface area contributed by atoms with Gasteiger partial charge in [-0.2, -0.15) is 0 Å². The van der Waals surface area contributed by atoms with Crippen LogP contribution in [0.25, 0.3) is 0 Å². The highest BCUT2D eigenvalue weighted by molar-refractivity contribution is 5.96. The molecule has 0 heterocycles. The van der Waals surface area contributed by atoms with E-state index in [1.807, 2.05) is 13.8 Å². The van der Waals surface area contributed by atoms with Gasteiger partial charge in [-0.3, -0.25) is 0 Å². The third-order valence-corrected chi connectivity index (χ3v) is 2.42. The second-order valence-electron chi connectivity index (χ2n) is 4.00. The van der Waals surface area contributed by atoms with Crippen LogP contribution in [-0.2, 0) is 9.47 Å². The topological polar surface area (TPSA) is 73.6 Å². The predicted octanol–water partition coefficient (Wildman–Crippen LogP) is 1.89. The summed E-state index contributed by atoms with van der Waals surface area (Å²) in [5, 5.41) is 3.21. The third kappa shape index (κ3) is 3.92. The molecule has 18 heavy (non-hydrogen) atoms. The van der Waals surface area contributed by atoms with Crippen LogP contribution in [0.3, 0.4) is 0 Å². The molecule has 0 aromatic heterocycles. The first-order valence-electron chi connectivity index (χ1n) is 5.90. The molecular weight excluding hydrogens is 232 g/mol. The summed E-state index contributed by atoms with van der Waals surface area (Å²) in [4.78, 5) is 11.6. The molecule has 0 aliphatic heterocycles. The fourth-order valence-electron chi connectivity index (χ4n) is 1.57. The van der Waals surface area contributed by atoms with Crippen LogP contribution in [0.2, 0.25) is 0 Å². The Hall–Kier alpha value is -1.75. The average molecular weight is 252 g/mol. The number of carbonyl (C=O) groups excluding carboxylic acids is 1. The summed E-state index contributed by atoms with van der Waals surface area (Å²) in [7, 11) is 1.35. The van der Waals surface area contributed by atoms with Gasteiger partial charge in [0.1, 0.15) is 0 Å². The Morgan fingerprint density at radius 3 is 2.83 bits per heavy atom. The van der Waals surface area contributed by atoms with Gasteiger partial charge in [-0.05, 0) is 32.0 Å². The van der Waals surface area contributed by atoms with Crippen molar-refractivity contribution < 1.29 is 14.3 Å². The van der Waals surface area contributed by atoms with Crippen molar-refractivity contribution in [1.82, 2.24) is 0 Å². The quantitative estimate of drug-likeness (QED) is 0.597. The first-order chi connectivity index (χ1) is 8.58. The van der Waals surface area contributed by atoms with Crippen molar-refractivity contribution in [1.29, 1.82) is 0 Å². The molecule has 0 radical (unpaired) electrons. The summed E-state index contributed by atoms with van der Waals surface area (Å²) in [5.74, 6) is -0.409. The summed E-state index contributed by atoms with van der Waals surface area (Å²) in [6, 6.07) is 5.20. The van der Waals surface area contributed by atoms with Gasteiger partial charge in [-0.1, -0.05) is 0 Å². The number of carbonyl (C=O) groups is 1. The van der Waals surface area contributed by atoms with E-state index in [1.54, 1.807) is 18.2 Å². The molecule has 1 aromatic carbocycles. The van der Waals surface area contributed by atoms with Crippen molar-refractivity contribution in [2.45, 2.75) is 19.9 Å². The molecule has 1 unspecified atom stereocenters. The highest BCUT2D eigenvalue weighted by Gasteiger charge is 2.13. The van der Waals surface area contributed by atoms with E-state index >= 15 is 0 Å². The lowest BCUT2D eigenvalue weighted by atomic mass is 10.1. The molecule has 0 spiro atoms. The van der Waals surface area contributed by atoms with Crippen LogP contribution >= 0.6 is 0 Å². The fraction of sp³-hybridized carbons (Fsp3) is 0.462. The van der Waals surface area contributed by atoms with Crippen molar-refractivity contribution in [2.75, 3.05) is 31.4 Å². The van der Waals surface area contributed by atoms with E-state index in [0.29, 0.717) is 30.2 Å². The summed E-state index contributed by atoms with van der Waals surface area (Å²) < 4.78 is 10.0. The molecular formula is C13H20N2O3. The number of nitrogens with one attached hydrogen (secondary N) is 1. The summed E-state index contributed by atoms with van der Waals surface area (Å²) in [6.07, 6.45) is 0. The molecule has 0 aliphatic carbocycles. The second kappa shape index (κ2) is 6.86. The predicted molar refractivity (Wildman–Crippen MR) is 71.8 cm³/mol. The van der Waals surface area contributed by atoms with Gasteiger partial charge < -0.3 is 20.5 Å². The number of nitrogen functional groups attached to an aromatic ring is 1. The maximum atomic E-state index is 11.6. The summed E-state index contributed by atoms with van der Waals surface area (Å²) >= 11 is 0. The smallest absolute Gasteiger partial charge is 0.340 e. The Balaban J connectivity index is 2.84. The minimum absolute atomic E-state index is 0.0944. The minimum atomic E-state index is -0.409. The molecule has 0 bridgehead atoms. The Kier molecular flexibility index (Phi) is 5.45. The van der Waals surface area contributed by atoms with Crippen molar-refractivity contribution in [3.05, 3.63) is 23.8 Å². The van der Waals surface area contributed by atoms with E-state index in [-0.39, 0.29) is 6.04 Å². The first-order valence-corrected chi connectivity index (χ1v) is 5.90. The van der Waals surface area contributed by atoms with Gasteiger partial charge in [0.05, 0.1) is 19.3 Å². The number of hydrogen-bond acceptors (Lipinski definition) is 5. The lowest BCUT2D eigenvalue weighted by molar-refractivity contribution is 0.0601. The molecule has 5 nitrogen and oxygen atoms in total. The number of esters is 1. The highest BCUT2D eigenvalue weighted by Crippen LogP contribution is 2.20. The summed E-state index contributed by atoms with van der Waals surface area (Å²) in [6.45, 7) is 5.15. The first kappa shape index (κ1) is 14.3. The maximum Gasteiger partial charge on any atom is 0.340 e. The number of ether oxygens (including phenoxy) is 2. The fourth-order valence-corrected chi connectivity index (χ4v) is 1.57. The van der Waals surface area contributed by atoms with Crippen LogP contribution in [0.5, 0.6) is 0 Å². The van der Waals surface area contributed by atoms with Crippen molar-refractivity contribution >= 4 is 17.3 Å². The van der Waals surface area contributed by atoms with E-state index in [4.69, 9.17) is 15.2 Å². The van der Waals surface area contributed by atoms with Crippen molar-refractivity contribution in [3.8, 4) is 0 Å². The number of nitrogens with two attached hydrogens (primary N) is 1. The normalized spacial score (nSPS) is 11.9. The number of hydrogen-bond donors (Lipinski definition) is 2. The van der Waals surface area contributed by atoms with Crippen LogP contribution in [0.15, 0.2) is 18.2 Å². The monoisotopic (exact) mass is 252 g/mol. The molecule has 0 amide bonds.